The predicted octanol–water partition coefficient (Wildman–Crippen LogP) is 3.90. The lowest BCUT2D eigenvalue weighted by Gasteiger charge is -2.25. The van der Waals surface area contributed by atoms with Crippen LogP contribution in [0.1, 0.15) is 32.0 Å². The molecule has 2 aromatic rings. The van der Waals surface area contributed by atoms with Gasteiger partial charge in [0.1, 0.15) is 11.6 Å². The topological polar surface area (TPSA) is 27.1 Å². The molecule has 1 heterocycles. The van der Waals surface area contributed by atoms with Crippen LogP contribution in [0, 0.1) is 5.82 Å². The van der Waals surface area contributed by atoms with Crippen molar-refractivity contribution in [3.8, 4) is 0 Å². The minimum atomic E-state index is -0.375. The Bertz CT molecular complexity index is 592. The third-order valence-corrected chi connectivity index (χ3v) is 3.38. The molecule has 104 valence electrons. The normalized spacial score (nSPS) is 14.0. The van der Waals surface area contributed by atoms with Gasteiger partial charge in [-0.05, 0) is 39.0 Å². The zero-order chi connectivity index (χ0) is 14.2. The van der Waals surface area contributed by atoms with Crippen LogP contribution in [0.5, 0.6) is 0 Å². The number of rotatable bonds is 4. The Labute approximate surface area is 117 Å². The summed E-state index contributed by atoms with van der Waals surface area (Å²) in [6.07, 6.45) is 0. The predicted molar refractivity (Wildman–Crippen MR) is 75.0 cm³/mol. The van der Waals surface area contributed by atoms with Crippen molar-refractivity contribution in [1.82, 2.24) is 9.55 Å². The van der Waals surface area contributed by atoms with E-state index >= 15 is 0 Å². The highest BCUT2D eigenvalue weighted by Gasteiger charge is 2.23. The maximum atomic E-state index is 13.4. The first-order valence-electron chi connectivity index (χ1n) is 6.19. The molecule has 2 rings (SSSR count). The molecule has 0 fully saturated rings. The Hall–Kier alpha value is -1.13. The van der Waals surface area contributed by atoms with Crippen molar-refractivity contribution in [2.45, 2.75) is 38.3 Å². The number of fused-ring (bicyclic) bond motifs is 1. The van der Waals surface area contributed by atoms with Crippen LogP contribution >= 0.6 is 11.6 Å². The SMILES string of the molecule is COC(C)(C)Cn1c(C(C)Cl)nc2ccc(F)cc21. The Morgan fingerprint density at radius 3 is 2.74 bits per heavy atom. The summed E-state index contributed by atoms with van der Waals surface area (Å²) in [5, 5.41) is -0.247. The molecule has 3 nitrogen and oxygen atoms in total. The summed E-state index contributed by atoms with van der Waals surface area (Å²) in [5.74, 6) is 0.449. The van der Waals surface area contributed by atoms with Crippen molar-refractivity contribution in [1.29, 1.82) is 0 Å². The van der Waals surface area contributed by atoms with Crippen LogP contribution in [0.4, 0.5) is 4.39 Å². The minimum Gasteiger partial charge on any atom is -0.377 e. The molecule has 19 heavy (non-hydrogen) atoms. The molecule has 0 aliphatic rings. The van der Waals surface area contributed by atoms with E-state index in [1.807, 2.05) is 25.3 Å². The third-order valence-electron chi connectivity index (χ3n) is 3.19. The van der Waals surface area contributed by atoms with Gasteiger partial charge in [-0.15, -0.1) is 11.6 Å². The lowest BCUT2D eigenvalue weighted by molar-refractivity contribution is 0.00842. The maximum absolute atomic E-state index is 13.4. The van der Waals surface area contributed by atoms with Crippen LogP contribution in [0.3, 0.4) is 0 Å². The Kier molecular flexibility index (Phi) is 3.83. The van der Waals surface area contributed by atoms with E-state index in [0.29, 0.717) is 6.54 Å². The van der Waals surface area contributed by atoms with E-state index in [2.05, 4.69) is 4.98 Å². The number of benzene rings is 1. The monoisotopic (exact) mass is 284 g/mol. The molecule has 0 saturated heterocycles. The first-order valence-corrected chi connectivity index (χ1v) is 6.62. The number of halogens is 2. The molecule has 0 N–H and O–H groups in total. The third kappa shape index (κ3) is 2.90. The van der Waals surface area contributed by atoms with Gasteiger partial charge in [0.05, 0.1) is 28.6 Å². The van der Waals surface area contributed by atoms with Crippen molar-refractivity contribution in [2.24, 2.45) is 0 Å². The van der Waals surface area contributed by atoms with Crippen molar-refractivity contribution < 1.29 is 9.13 Å². The Morgan fingerprint density at radius 1 is 1.47 bits per heavy atom. The van der Waals surface area contributed by atoms with Gasteiger partial charge in [0.25, 0.3) is 0 Å². The van der Waals surface area contributed by atoms with Crippen molar-refractivity contribution >= 4 is 22.6 Å². The molecule has 1 atom stereocenters. The fourth-order valence-corrected chi connectivity index (χ4v) is 2.20. The Morgan fingerprint density at radius 2 is 2.16 bits per heavy atom. The summed E-state index contributed by atoms with van der Waals surface area (Å²) < 4.78 is 20.8. The van der Waals surface area contributed by atoms with Gasteiger partial charge in [0.15, 0.2) is 0 Å². The highest BCUT2D eigenvalue weighted by atomic mass is 35.5. The summed E-state index contributed by atoms with van der Waals surface area (Å²) in [5.41, 5.74) is 1.11. The molecule has 0 aliphatic carbocycles. The average molecular weight is 285 g/mol. The van der Waals surface area contributed by atoms with Crippen LogP contribution in [0.25, 0.3) is 11.0 Å². The number of hydrogen-bond acceptors (Lipinski definition) is 2. The average Bonchev–Trinajstić information content (AvgIpc) is 2.67. The molecule has 0 bridgehead atoms. The smallest absolute Gasteiger partial charge is 0.127 e. The van der Waals surface area contributed by atoms with Gasteiger partial charge in [-0.3, -0.25) is 0 Å². The van der Waals surface area contributed by atoms with E-state index in [9.17, 15) is 4.39 Å². The molecular formula is C14H18ClFN2O. The number of methoxy groups -OCH3 is 1. The highest BCUT2D eigenvalue weighted by molar-refractivity contribution is 6.20. The number of hydrogen-bond donors (Lipinski definition) is 0. The van der Waals surface area contributed by atoms with Crippen LogP contribution in [-0.4, -0.2) is 22.3 Å². The van der Waals surface area contributed by atoms with Crippen LogP contribution in [0.2, 0.25) is 0 Å². The van der Waals surface area contributed by atoms with Gasteiger partial charge < -0.3 is 9.30 Å². The number of aromatic nitrogens is 2. The molecule has 0 spiro atoms. The second kappa shape index (κ2) is 5.10. The van der Waals surface area contributed by atoms with E-state index in [-0.39, 0.29) is 16.8 Å². The van der Waals surface area contributed by atoms with Crippen molar-refractivity contribution in [3.63, 3.8) is 0 Å². The molecule has 0 aliphatic heterocycles. The molecule has 5 heteroatoms. The maximum Gasteiger partial charge on any atom is 0.127 e. The first kappa shape index (κ1) is 14.3. The summed E-state index contributed by atoms with van der Waals surface area (Å²) in [6.45, 7) is 6.37. The van der Waals surface area contributed by atoms with Crippen LogP contribution in [0.15, 0.2) is 18.2 Å². The lowest BCUT2D eigenvalue weighted by Crippen LogP contribution is -2.30. The molecular weight excluding hydrogens is 267 g/mol. The largest absolute Gasteiger partial charge is 0.377 e. The zero-order valence-corrected chi connectivity index (χ0v) is 12.3. The van der Waals surface area contributed by atoms with Crippen molar-refractivity contribution in [2.75, 3.05) is 7.11 Å². The van der Waals surface area contributed by atoms with Gasteiger partial charge in [0, 0.05) is 7.11 Å². The van der Waals surface area contributed by atoms with Crippen molar-refractivity contribution in [3.05, 3.63) is 29.8 Å². The summed E-state index contributed by atoms with van der Waals surface area (Å²) in [4.78, 5) is 4.48. The quantitative estimate of drug-likeness (QED) is 0.796. The molecule has 1 aromatic carbocycles. The van der Waals surface area contributed by atoms with E-state index in [0.717, 1.165) is 16.9 Å². The molecule has 0 saturated carbocycles. The summed E-state index contributed by atoms with van der Waals surface area (Å²) >= 11 is 6.17. The van der Waals surface area contributed by atoms with E-state index in [4.69, 9.17) is 16.3 Å². The van der Waals surface area contributed by atoms with Gasteiger partial charge in [-0.25, -0.2) is 9.37 Å². The standard InChI is InChI=1S/C14H18ClFN2O/c1-9(15)13-17-11-6-5-10(16)7-12(11)18(13)8-14(2,3)19-4/h5-7,9H,8H2,1-4H3. The number of imidazole rings is 1. The zero-order valence-electron chi connectivity index (χ0n) is 11.6. The lowest BCUT2D eigenvalue weighted by atomic mass is 10.1. The van der Waals surface area contributed by atoms with Gasteiger partial charge in [-0.1, -0.05) is 0 Å². The second-order valence-electron chi connectivity index (χ2n) is 5.27. The number of ether oxygens (including phenoxy) is 1. The van der Waals surface area contributed by atoms with Gasteiger partial charge in [0.2, 0.25) is 0 Å². The fraction of sp³-hybridized carbons (Fsp3) is 0.500. The summed E-state index contributed by atoms with van der Waals surface area (Å²) in [7, 11) is 1.66. The molecule has 1 unspecified atom stereocenters. The molecule has 0 amide bonds. The highest BCUT2D eigenvalue weighted by Crippen LogP contribution is 2.27. The van der Waals surface area contributed by atoms with Gasteiger partial charge in [-0.2, -0.15) is 0 Å². The fourth-order valence-electron chi connectivity index (χ4n) is 2.03. The number of nitrogens with zero attached hydrogens (tertiary/aromatic N) is 2. The van der Waals surface area contributed by atoms with E-state index < -0.39 is 0 Å². The summed E-state index contributed by atoms with van der Waals surface area (Å²) in [6, 6.07) is 4.56. The first-order chi connectivity index (χ1) is 8.84. The van der Waals surface area contributed by atoms with Gasteiger partial charge >= 0.3 is 0 Å². The van der Waals surface area contributed by atoms with Crippen LogP contribution in [-0.2, 0) is 11.3 Å². The van der Waals surface area contributed by atoms with Crippen LogP contribution < -0.4 is 0 Å². The Balaban J connectivity index is 2.60. The minimum absolute atomic E-state index is 0.247. The van der Waals surface area contributed by atoms with E-state index in [1.54, 1.807) is 13.2 Å². The molecule has 1 aromatic heterocycles. The number of alkyl halides is 1. The molecule has 0 radical (unpaired) electrons. The second-order valence-corrected chi connectivity index (χ2v) is 5.92. The van der Waals surface area contributed by atoms with E-state index in [1.165, 1.54) is 12.1 Å².